The van der Waals surface area contributed by atoms with E-state index < -0.39 is 10.8 Å². The SMILES string of the molecule is CC(=O)c1cccc(N2C(=O)C[C@@]3(CC3(c3ccccc3)c3ccccc3)C2=O)c1. The van der Waals surface area contributed by atoms with Crippen molar-refractivity contribution in [1.29, 1.82) is 0 Å². The molecule has 0 radical (unpaired) electrons. The lowest BCUT2D eigenvalue weighted by Gasteiger charge is -2.23. The molecule has 4 heteroatoms. The summed E-state index contributed by atoms with van der Waals surface area (Å²) in [5.74, 6) is -0.490. The Bertz CT molecular complexity index is 1130. The number of carbonyl (C=O) groups is 3. The van der Waals surface area contributed by atoms with Crippen LogP contribution in [0.4, 0.5) is 5.69 Å². The van der Waals surface area contributed by atoms with Crippen molar-refractivity contribution in [2.45, 2.75) is 25.2 Å². The lowest BCUT2D eigenvalue weighted by molar-refractivity contribution is -0.123. The van der Waals surface area contributed by atoms with Crippen LogP contribution in [0.3, 0.4) is 0 Å². The number of hydrogen-bond donors (Lipinski definition) is 0. The van der Waals surface area contributed by atoms with Gasteiger partial charge in [0.15, 0.2) is 5.78 Å². The minimum Gasteiger partial charge on any atom is -0.295 e. The van der Waals surface area contributed by atoms with Crippen LogP contribution < -0.4 is 4.90 Å². The zero-order valence-corrected chi connectivity index (χ0v) is 16.7. The number of hydrogen-bond acceptors (Lipinski definition) is 3. The van der Waals surface area contributed by atoms with Gasteiger partial charge in [0.2, 0.25) is 11.8 Å². The Morgan fingerprint density at radius 3 is 2.00 bits per heavy atom. The van der Waals surface area contributed by atoms with Crippen molar-refractivity contribution in [3.05, 3.63) is 102 Å². The van der Waals surface area contributed by atoms with Gasteiger partial charge in [0.1, 0.15) is 0 Å². The van der Waals surface area contributed by atoms with Gasteiger partial charge in [-0.15, -0.1) is 0 Å². The number of carbonyl (C=O) groups excluding carboxylic acids is 3. The van der Waals surface area contributed by atoms with Crippen molar-refractivity contribution in [3.63, 3.8) is 0 Å². The highest BCUT2D eigenvalue weighted by atomic mass is 16.2. The Labute approximate surface area is 175 Å². The number of ketones is 1. The van der Waals surface area contributed by atoms with E-state index in [1.165, 1.54) is 11.8 Å². The van der Waals surface area contributed by atoms with Gasteiger partial charge >= 0.3 is 0 Å². The highest BCUT2D eigenvalue weighted by Crippen LogP contribution is 2.72. The van der Waals surface area contributed by atoms with E-state index in [2.05, 4.69) is 0 Å². The molecule has 0 bridgehead atoms. The Morgan fingerprint density at radius 2 is 1.43 bits per heavy atom. The fourth-order valence-corrected chi connectivity index (χ4v) is 5.11. The van der Waals surface area contributed by atoms with Crippen molar-refractivity contribution in [2.24, 2.45) is 5.41 Å². The maximum atomic E-state index is 13.8. The summed E-state index contributed by atoms with van der Waals surface area (Å²) < 4.78 is 0. The van der Waals surface area contributed by atoms with Gasteiger partial charge in [-0.3, -0.25) is 14.4 Å². The molecule has 0 N–H and O–H groups in total. The number of imide groups is 1. The van der Waals surface area contributed by atoms with Crippen LogP contribution in [0.25, 0.3) is 0 Å². The number of rotatable bonds is 4. The second kappa shape index (κ2) is 6.49. The second-order valence-corrected chi connectivity index (χ2v) is 8.21. The van der Waals surface area contributed by atoms with E-state index >= 15 is 0 Å². The highest BCUT2D eigenvalue weighted by molar-refractivity contribution is 6.25. The Balaban J connectivity index is 1.62. The fourth-order valence-electron chi connectivity index (χ4n) is 5.11. The van der Waals surface area contributed by atoms with Gasteiger partial charge in [0, 0.05) is 17.4 Å². The van der Waals surface area contributed by atoms with Gasteiger partial charge < -0.3 is 0 Å². The normalized spacial score (nSPS) is 21.8. The van der Waals surface area contributed by atoms with Crippen LogP contribution in [-0.4, -0.2) is 17.6 Å². The molecule has 1 aliphatic heterocycles. The lowest BCUT2D eigenvalue weighted by Crippen LogP contribution is -2.33. The summed E-state index contributed by atoms with van der Waals surface area (Å²) in [5.41, 5.74) is 1.75. The highest BCUT2D eigenvalue weighted by Gasteiger charge is 2.77. The molecule has 1 saturated heterocycles. The smallest absolute Gasteiger partial charge is 0.241 e. The number of benzene rings is 3. The average molecular weight is 395 g/mol. The summed E-state index contributed by atoms with van der Waals surface area (Å²) in [5, 5.41) is 0. The second-order valence-electron chi connectivity index (χ2n) is 8.21. The summed E-state index contributed by atoms with van der Waals surface area (Å²) in [7, 11) is 0. The van der Waals surface area contributed by atoms with Gasteiger partial charge in [-0.25, -0.2) is 4.90 Å². The number of amides is 2. The van der Waals surface area contributed by atoms with Crippen LogP contribution in [0.15, 0.2) is 84.9 Å². The first-order valence-electron chi connectivity index (χ1n) is 10.1. The Kier molecular flexibility index (Phi) is 4.00. The van der Waals surface area contributed by atoms with Crippen LogP contribution in [0, 0.1) is 5.41 Å². The molecule has 1 heterocycles. The molecule has 2 aliphatic rings. The van der Waals surface area contributed by atoms with E-state index in [0.29, 0.717) is 17.7 Å². The first-order chi connectivity index (χ1) is 14.5. The van der Waals surface area contributed by atoms with Gasteiger partial charge in [-0.1, -0.05) is 72.8 Å². The summed E-state index contributed by atoms with van der Waals surface area (Å²) in [6, 6.07) is 26.7. The maximum Gasteiger partial charge on any atom is 0.241 e. The monoisotopic (exact) mass is 395 g/mol. The predicted molar refractivity (Wildman–Crippen MR) is 114 cm³/mol. The minimum absolute atomic E-state index is 0.0972. The van der Waals surface area contributed by atoms with Crippen molar-refractivity contribution in [2.75, 3.05) is 4.90 Å². The Morgan fingerprint density at radius 1 is 0.833 bits per heavy atom. The Hall–Kier alpha value is -3.53. The van der Waals surface area contributed by atoms with E-state index in [-0.39, 0.29) is 24.0 Å². The summed E-state index contributed by atoms with van der Waals surface area (Å²) in [4.78, 5) is 39.9. The topological polar surface area (TPSA) is 54.5 Å². The van der Waals surface area contributed by atoms with Crippen molar-refractivity contribution < 1.29 is 14.4 Å². The van der Waals surface area contributed by atoms with Crippen LogP contribution >= 0.6 is 0 Å². The lowest BCUT2D eigenvalue weighted by atomic mass is 9.79. The van der Waals surface area contributed by atoms with Crippen LogP contribution in [0.5, 0.6) is 0 Å². The molecule has 0 aromatic heterocycles. The van der Waals surface area contributed by atoms with Gasteiger partial charge in [-0.2, -0.15) is 0 Å². The third-order valence-electron chi connectivity index (χ3n) is 6.62. The molecule has 1 spiro atoms. The molecule has 1 saturated carbocycles. The molecule has 2 amide bonds. The van der Waals surface area contributed by atoms with Crippen molar-refractivity contribution >= 4 is 23.3 Å². The van der Waals surface area contributed by atoms with Crippen LogP contribution in [-0.2, 0) is 15.0 Å². The quantitative estimate of drug-likeness (QED) is 0.482. The molecule has 3 aromatic rings. The van der Waals surface area contributed by atoms with E-state index in [1.807, 2.05) is 60.7 Å². The number of nitrogens with zero attached hydrogens (tertiary/aromatic N) is 1. The zero-order chi connectivity index (χ0) is 20.9. The molecule has 30 heavy (non-hydrogen) atoms. The van der Waals surface area contributed by atoms with E-state index in [0.717, 1.165) is 11.1 Å². The third-order valence-corrected chi connectivity index (χ3v) is 6.62. The molecule has 5 rings (SSSR count). The first-order valence-corrected chi connectivity index (χ1v) is 10.1. The van der Waals surface area contributed by atoms with Gasteiger partial charge in [0.05, 0.1) is 11.1 Å². The van der Waals surface area contributed by atoms with Crippen LogP contribution in [0.2, 0.25) is 0 Å². The minimum atomic E-state index is -0.793. The third kappa shape index (κ3) is 2.43. The molecular weight excluding hydrogens is 374 g/mol. The molecular formula is C26H21NO3. The number of anilines is 1. The van der Waals surface area contributed by atoms with Crippen molar-refractivity contribution in [3.8, 4) is 0 Å². The number of Topliss-reactive ketones (excluding diaryl/α,β-unsaturated/α-hetero) is 1. The summed E-state index contributed by atoms with van der Waals surface area (Å²) >= 11 is 0. The molecule has 4 nitrogen and oxygen atoms in total. The average Bonchev–Trinajstić information content (AvgIpc) is 3.38. The standard InChI is InChI=1S/C26H21NO3/c1-18(28)19-9-8-14-22(15-19)27-23(29)16-25(24(27)30)17-26(25,20-10-4-2-5-11-20)21-12-6-3-7-13-21/h2-15H,16-17H2,1H3/t25-/m1/s1. The maximum absolute atomic E-state index is 13.8. The molecule has 148 valence electrons. The molecule has 3 aromatic carbocycles. The molecule has 2 fully saturated rings. The van der Waals surface area contributed by atoms with E-state index in [4.69, 9.17) is 0 Å². The van der Waals surface area contributed by atoms with Gasteiger partial charge in [0.25, 0.3) is 0 Å². The summed E-state index contributed by atoms with van der Waals surface area (Å²) in [6.45, 7) is 1.48. The first kappa shape index (κ1) is 18.5. The van der Waals surface area contributed by atoms with Crippen molar-refractivity contribution in [1.82, 2.24) is 0 Å². The largest absolute Gasteiger partial charge is 0.295 e. The summed E-state index contributed by atoms with van der Waals surface area (Å²) in [6.07, 6.45) is 0.765. The fraction of sp³-hybridized carbons (Fsp3) is 0.192. The predicted octanol–water partition coefficient (Wildman–Crippen LogP) is 4.53. The van der Waals surface area contributed by atoms with E-state index in [9.17, 15) is 14.4 Å². The molecule has 1 aliphatic carbocycles. The van der Waals surface area contributed by atoms with Gasteiger partial charge in [-0.05, 0) is 36.6 Å². The zero-order valence-electron chi connectivity index (χ0n) is 16.7. The molecule has 1 atom stereocenters. The van der Waals surface area contributed by atoms with E-state index in [1.54, 1.807) is 24.3 Å². The molecule has 0 unspecified atom stereocenters. The van der Waals surface area contributed by atoms with Crippen LogP contribution in [0.1, 0.15) is 41.3 Å².